The van der Waals surface area contributed by atoms with E-state index in [0.717, 1.165) is 45.4 Å². The van der Waals surface area contributed by atoms with E-state index in [-0.39, 0.29) is 5.91 Å². The van der Waals surface area contributed by atoms with E-state index in [1.165, 1.54) is 4.90 Å². The molecule has 4 nitrogen and oxygen atoms in total. The minimum atomic E-state index is 0.0240. The number of thioether (sulfide) groups is 1. The second kappa shape index (κ2) is 9.54. The minimum absolute atomic E-state index is 0.0240. The van der Waals surface area contributed by atoms with Gasteiger partial charge in [-0.1, -0.05) is 23.5 Å². The number of carbonyl (C=O) groups is 1. The number of amides is 1. The van der Waals surface area contributed by atoms with Gasteiger partial charge in [0.05, 0.1) is 36.4 Å². The van der Waals surface area contributed by atoms with Gasteiger partial charge in [0.15, 0.2) is 5.13 Å². The summed E-state index contributed by atoms with van der Waals surface area (Å²) < 4.78 is 1.13. The van der Waals surface area contributed by atoms with Crippen LogP contribution in [0.25, 0.3) is 10.2 Å². The molecule has 148 valence electrons. The molecule has 0 spiro atoms. The summed E-state index contributed by atoms with van der Waals surface area (Å²) >= 11 is 3.28. The Bertz CT molecular complexity index is 933. The van der Waals surface area contributed by atoms with Crippen molar-refractivity contribution < 1.29 is 9.69 Å². The van der Waals surface area contributed by atoms with Crippen LogP contribution in [-0.2, 0) is 0 Å². The van der Waals surface area contributed by atoms with Crippen molar-refractivity contribution in [1.82, 2.24) is 4.98 Å². The van der Waals surface area contributed by atoms with Gasteiger partial charge < -0.3 is 4.90 Å². The summed E-state index contributed by atoms with van der Waals surface area (Å²) in [7, 11) is 0. The molecule has 0 saturated heterocycles. The fourth-order valence-corrected chi connectivity index (χ4v) is 4.71. The number of aryl methyl sites for hydroxylation is 1. The number of quaternary nitrogens is 1. The lowest BCUT2D eigenvalue weighted by Gasteiger charge is -2.23. The molecule has 0 aliphatic rings. The SMILES string of the molecule is CC[NH+](CC)CCN(C(=O)c1ccc(SC)cc1)c1nc2c(C)cccc2s1. The number of thiazole rings is 1. The average Bonchev–Trinajstić information content (AvgIpc) is 3.16. The summed E-state index contributed by atoms with van der Waals surface area (Å²) in [5.74, 6) is 0.0240. The molecule has 0 atom stereocenters. The van der Waals surface area contributed by atoms with Gasteiger partial charge in [0, 0.05) is 10.5 Å². The molecule has 28 heavy (non-hydrogen) atoms. The van der Waals surface area contributed by atoms with E-state index >= 15 is 0 Å². The Balaban J connectivity index is 1.95. The molecule has 0 bridgehead atoms. The highest BCUT2D eigenvalue weighted by Gasteiger charge is 2.23. The molecule has 2 aromatic carbocycles. The fourth-order valence-electron chi connectivity index (χ4n) is 3.24. The lowest BCUT2D eigenvalue weighted by atomic mass is 10.2. The maximum absolute atomic E-state index is 13.4. The van der Waals surface area contributed by atoms with Crippen LogP contribution in [0.15, 0.2) is 47.4 Å². The molecule has 0 saturated carbocycles. The number of fused-ring (bicyclic) bond motifs is 1. The molecule has 0 aliphatic carbocycles. The molecule has 1 N–H and O–H groups in total. The van der Waals surface area contributed by atoms with Crippen LogP contribution >= 0.6 is 23.1 Å². The highest BCUT2D eigenvalue weighted by molar-refractivity contribution is 7.98. The Labute approximate surface area is 175 Å². The Kier molecular flexibility index (Phi) is 7.10. The van der Waals surface area contributed by atoms with Gasteiger partial charge in [0.1, 0.15) is 0 Å². The summed E-state index contributed by atoms with van der Waals surface area (Å²) in [6.45, 7) is 10.1. The predicted molar refractivity (Wildman–Crippen MR) is 121 cm³/mol. The largest absolute Gasteiger partial charge is 0.334 e. The number of benzene rings is 2. The van der Waals surface area contributed by atoms with Gasteiger partial charge in [-0.2, -0.15) is 0 Å². The van der Waals surface area contributed by atoms with Crippen LogP contribution in [0.3, 0.4) is 0 Å². The highest BCUT2D eigenvalue weighted by atomic mass is 32.2. The Morgan fingerprint density at radius 1 is 1.14 bits per heavy atom. The maximum Gasteiger partial charge on any atom is 0.260 e. The van der Waals surface area contributed by atoms with Crippen molar-refractivity contribution in [3.05, 3.63) is 53.6 Å². The van der Waals surface area contributed by atoms with Gasteiger partial charge in [-0.25, -0.2) is 4.98 Å². The monoisotopic (exact) mass is 414 g/mol. The van der Waals surface area contributed by atoms with Crippen LogP contribution in [0, 0.1) is 6.92 Å². The van der Waals surface area contributed by atoms with Gasteiger partial charge in [0.2, 0.25) is 0 Å². The summed E-state index contributed by atoms with van der Waals surface area (Å²) in [6.07, 6.45) is 2.04. The van der Waals surface area contributed by atoms with Crippen LogP contribution in [0.2, 0.25) is 0 Å². The van der Waals surface area contributed by atoms with E-state index in [4.69, 9.17) is 4.98 Å². The Morgan fingerprint density at radius 3 is 2.46 bits per heavy atom. The van der Waals surface area contributed by atoms with Crippen LogP contribution in [0.4, 0.5) is 5.13 Å². The van der Waals surface area contributed by atoms with Gasteiger partial charge in [-0.3, -0.25) is 9.69 Å². The van der Waals surface area contributed by atoms with E-state index < -0.39 is 0 Å². The molecule has 3 rings (SSSR count). The van der Waals surface area contributed by atoms with Crippen LogP contribution in [0.5, 0.6) is 0 Å². The van der Waals surface area contributed by atoms with Gasteiger partial charge in [-0.05, 0) is 62.9 Å². The number of likely N-dealkylation sites (N-methyl/N-ethyl adjacent to an activating group) is 1. The van der Waals surface area contributed by atoms with Crippen LogP contribution in [0.1, 0.15) is 29.8 Å². The second-order valence-electron chi connectivity index (χ2n) is 6.81. The molecule has 6 heteroatoms. The number of para-hydroxylation sites is 1. The Hall–Kier alpha value is -1.89. The standard InChI is InChI=1S/C22H27N3OS2/c1-5-24(6-2)14-15-25(21(26)17-10-12-18(27-4)13-11-17)22-23-20-16(3)8-7-9-19(20)28-22/h7-13H,5-6,14-15H2,1-4H3/p+1. The summed E-state index contributed by atoms with van der Waals surface area (Å²) in [5.41, 5.74) is 2.85. The van der Waals surface area contributed by atoms with Crippen molar-refractivity contribution >= 4 is 44.4 Å². The number of aromatic nitrogens is 1. The number of rotatable bonds is 8. The zero-order valence-corrected chi connectivity index (χ0v) is 18.6. The zero-order chi connectivity index (χ0) is 20.1. The summed E-state index contributed by atoms with van der Waals surface area (Å²) in [5, 5.41) is 0.787. The molecule has 1 heterocycles. The molecule has 1 aromatic heterocycles. The van der Waals surface area contributed by atoms with E-state index in [1.54, 1.807) is 23.1 Å². The van der Waals surface area contributed by atoms with E-state index in [0.29, 0.717) is 12.1 Å². The first kappa shape index (κ1) is 20.8. The van der Waals surface area contributed by atoms with E-state index in [1.807, 2.05) is 41.5 Å². The number of hydrogen-bond acceptors (Lipinski definition) is 4. The first-order valence-electron chi connectivity index (χ1n) is 9.73. The normalized spacial score (nSPS) is 11.3. The Morgan fingerprint density at radius 2 is 1.86 bits per heavy atom. The second-order valence-corrected chi connectivity index (χ2v) is 8.70. The van der Waals surface area contributed by atoms with Crippen molar-refractivity contribution in [1.29, 1.82) is 0 Å². The third-order valence-electron chi connectivity index (χ3n) is 5.11. The first-order valence-corrected chi connectivity index (χ1v) is 11.8. The number of anilines is 1. The number of nitrogens with zero attached hydrogens (tertiary/aromatic N) is 2. The summed E-state index contributed by atoms with van der Waals surface area (Å²) in [4.78, 5) is 22.7. The number of hydrogen-bond donors (Lipinski definition) is 1. The quantitative estimate of drug-likeness (QED) is 0.568. The summed E-state index contributed by atoms with van der Waals surface area (Å²) in [6, 6.07) is 14.1. The number of nitrogens with one attached hydrogen (secondary N) is 1. The first-order chi connectivity index (χ1) is 13.6. The molecular formula is C22H28N3OS2+. The highest BCUT2D eigenvalue weighted by Crippen LogP contribution is 2.31. The molecule has 0 aliphatic heterocycles. The number of carbonyl (C=O) groups excluding carboxylic acids is 1. The van der Waals surface area contributed by atoms with Crippen molar-refractivity contribution in [2.75, 3.05) is 37.3 Å². The lowest BCUT2D eigenvalue weighted by Crippen LogP contribution is -3.12. The van der Waals surface area contributed by atoms with Crippen LogP contribution in [-0.4, -0.2) is 43.3 Å². The van der Waals surface area contributed by atoms with Gasteiger partial charge >= 0.3 is 0 Å². The molecule has 3 aromatic rings. The smallest absolute Gasteiger partial charge is 0.260 e. The fraction of sp³-hybridized carbons (Fsp3) is 0.364. The van der Waals surface area contributed by atoms with Crippen molar-refractivity contribution in [3.8, 4) is 0 Å². The lowest BCUT2D eigenvalue weighted by molar-refractivity contribution is -0.894. The van der Waals surface area contributed by atoms with Crippen molar-refractivity contribution in [3.63, 3.8) is 0 Å². The topological polar surface area (TPSA) is 37.6 Å². The van der Waals surface area contributed by atoms with Crippen molar-refractivity contribution in [2.24, 2.45) is 0 Å². The van der Waals surface area contributed by atoms with Gasteiger partial charge in [0.25, 0.3) is 5.91 Å². The van der Waals surface area contributed by atoms with E-state index in [2.05, 4.69) is 32.9 Å². The minimum Gasteiger partial charge on any atom is -0.334 e. The molecule has 1 amide bonds. The van der Waals surface area contributed by atoms with Crippen LogP contribution < -0.4 is 9.80 Å². The molecule has 0 fully saturated rings. The van der Waals surface area contributed by atoms with E-state index in [9.17, 15) is 4.79 Å². The molecule has 0 radical (unpaired) electrons. The molecule has 0 unspecified atom stereocenters. The third-order valence-corrected chi connectivity index (χ3v) is 6.90. The predicted octanol–water partition coefficient (Wildman–Crippen LogP) is 3.90. The average molecular weight is 415 g/mol. The third kappa shape index (κ3) is 4.57. The zero-order valence-electron chi connectivity index (χ0n) is 17.0. The molecular weight excluding hydrogens is 386 g/mol. The maximum atomic E-state index is 13.4. The van der Waals surface area contributed by atoms with Crippen molar-refractivity contribution in [2.45, 2.75) is 25.7 Å². The van der Waals surface area contributed by atoms with Gasteiger partial charge in [-0.15, -0.1) is 11.8 Å².